The summed E-state index contributed by atoms with van der Waals surface area (Å²) in [6.07, 6.45) is 5.05. The standard InChI is InChI=1S/C17H19NO3S/c1-2-5-14-16(20-9-3-4-11-22-12-18)7-6-13-15(19)8-10-21-17(13)14/h6-8,10H,2-5,9,11H2,1H3. The van der Waals surface area contributed by atoms with Crippen LogP contribution in [0.3, 0.4) is 0 Å². The average molecular weight is 317 g/mol. The van der Waals surface area contributed by atoms with Crippen LogP contribution < -0.4 is 10.2 Å². The fraction of sp³-hybridized carbons (Fsp3) is 0.412. The fourth-order valence-corrected chi connectivity index (χ4v) is 2.76. The highest BCUT2D eigenvalue weighted by Gasteiger charge is 2.12. The van der Waals surface area contributed by atoms with Crippen molar-refractivity contribution < 1.29 is 9.15 Å². The fourth-order valence-electron chi connectivity index (χ4n) is 2.32. The zero-order chi connectivity index (χ0) is 15.8. The highest BCUT2D eigenvalue weighted by molar-refractivity contribution is 8.03. The number of unbranched alkanes of at least 4 members (excludes halogenated alkanes) is 1. The zero-order valence-corrected chi connectivity index (χ0v) is 13.4. The molecule has 0 spiro atoms. The second kappa shape index (κ2) is 8.50. The Labute approximate surface area is 134 Å². The molecule has 5 heteroatoms. The van der Waals surface area contributed by atoms with Crippen LogP contribution in [0, 0.1) is 10.7 Å². The number of nitriles is 1. The molecule has 0 saturated carbocycles. The van der Waals surface area contributed by atoms with Crippen molar-refractivity contribution in [2.45, 2.75) is 32.6 Å². The predicted octanol–water partition coefficient (Wildman–Crippen LogP) is 4.12. The molecule has 0 unspecified atom stereocenters. The lowest BCUT2D eigenvalue weighted by Gasteiger charge is -2.12. The van der Waals surface area contributed by atoms with Gasteiger partial charge in [0, 0.05) is 17.4 Å². The summed E-state index contributed by atoms with van der Waals surface area (Å²) >= 11 is 1.27. The van der Waals surface area contributed by atoms with Gasteiger partial charge in [-0.1, -0.05) is 13.3 Å². The van der Waals surface area contributed by atoms with E-state index >= 15 is 0 Å². The molecule has 2 aromatic rings. The van der Waals surface area contributed by atoms with E-state index in [4.69, 9.17) is 14.4 Å². The molecule has 1 aromatic carbocycles. The summed E-state index contributed by atoms with van der Waals surface area (Å²) in [5.41, 5.74) is 1.56. The summed E-state index contributed by atoms with van der Waals surface area (Å²) in [5, 5.41) is 11.1. The molecule has 4 nitrogen and oxygen atoms in total. The van der Waals surface area contributed by atoms with Crippen molar-refractivity contribution in [2.75, 3.05) is 12.4 Å². The number of nitrogens with zero attached hydrogens (tertiary/aromatic N) is 1. The Morgan fingerprint density at radius 2 is 2.18 bits per heavy atom. The maximum absolute atomic E-state index is 11.9. The lowest BCUT2D eigenvalue weighted by atomic mass is 10.1. The molecule has 0 aliphatic rings. The first-order chi connectivity index (χ1) is 10.8. The van der Waals surface area contributed by atoms with Gasteiger partial charge in [0.25, 0.3) is 0 Å². The maximum Gasteiger partial charge on any atom is 0.192 e. The second-order valence-electron chi connectivity index (χ2n) is 4.95. The molecule has 0 saturated heterocycles. The quantitative estimate of drug-likeness (QED) is 0.541. The van der Waals surface area contributed by atoms with Gasteiger partial charge in [0.1, 0.15) is 16.7 Å². The molecule has 2 rings (SSSR count). The minimum absolute atomic E-state index is 0.0290. The molecule has 0 N–H and O–H groups in total. The lowest BCUT2D eigenvalue weighted by Crippen LogP contribution is -2.04. The summed E-state index contributed by atoms with van der Waals surface area (Å²) in [5.74, 6) is 1.62. The SMILES string of the molecule is CCCc1c(OCCCCSC#N)ccc2c(=O)ccoc12. The van der Waals surface area contributed by atoms with Gasteiger partial charge in [0.2, 0.25) is 0 Å². The summed E-state index contributed by atoms with van der Waals surface area (Å²) in [4.78, 5) is 11.9. The van der Waals surface area contributed by atoms with E-state index in [0.29, 0.717) is 17.6 Å². The van der Waals surface area contributed by atoms with Crippen LogP contribution in [0.25, 0.3) is 11.0 Å². The highest BCUT2D eigenvalue weighted by atomic mass is 32.2. The Morgan fingerprint density at radius 1 is 1.32 bits per heavy atom. The van der Waals surface area contributed by atoms with Crippen LogP contribution in [-0.2, 0) is 6.42 Å². The molecule has 0 amide bonds. The number of hydrogen-bond donors (Lipinski definition) is 0. The maximum atomic E-state index is 11.9. The molecular formula is C17H19NO3S. The van der Waals surface area contributed by atoms with Crippen LogP contribution in [0.4, 0.5) is 0 Å². The van der Waals surface area contributed by atoms with Crippen molar-refractivity contribution >= 4 is 22.7 Å². The summed E-state index contributed by atoms with van der Waals surface area (Å²) in [6.45, 7) is 2.69. The molecule has 22 heavy (non-hydrogen) atoms. The van der Waals surface area contributed by atoms with Gasteiger partial charge >= 0.3 is 0 Å². The first-order valence-corrected chi connectivity index (χ1v) is 8.43. The molecule has 116 valence electrons. The first-order valence-electron chi connectivity index (χ1n) is 7.45. The molecule has 0 radical (unpaired) electrons. The third-order valence-electron chi connectivity index (χ3n) is 3.35. The Balaban J connectivity index is 2.14. The molecule has 0 fully saturated rings. The zero-order valence-electron chi connectivity index (χ0n) is 12.6. The molecule has 0 aliphatic heterocycles. The van der Waals surface area contributed by atoms with E-state index < -0.39 is 0 Å². The number of thioether (sulfide) groups is 1. The minimum atomic E-state index is -0.0290. The van der Waals surface area contributed by atoms with Gasteiger partial charge in [0.05, 0.1) is 18.3 Å². The lowest BCUT2D eigenvalue weighted by molar-refractivity contribution is 0.306. The Kier molecular flexibility index (Phi) is 6.35. The van der Waals surface area contributed by atoms with Gasteiger partial charge < -0.3 is 9.15 Å². The van der Waals surface area contributed by atoms with E-state index in [9.17, 15) is 4.79 Å². The van der Waals surface area contributed by atoms with E-state index in [0.717, 1.165) is 42.7 Å². The Morgan fingerprint density at radius 3 is 2.95 bits per heavy atom. The van der Waals surface area contributed by atoms with Gasteiger partial charge in [-0.3, -0.25) is 4.79 Å². The van der Waals surface area contributed by atoms with Crippen LogP contribution in [0.2, 0.25) is 0 Å². The van der Waals surface area contributed by atoms with Crippen LogP contribution in [0.1, 0.15) is 31.7 Å². The predicted molar refractivity (Wildman–Crippen MR) is 89.3 cm³/mol. The van der Waals surface area contributed by atoms with Gasteiger partial charge in [0.15, 0.2) is 5.43 Å². The van der Waals surface area contributed by atoms with Crippen molar-refractivity contribution in [3.05, 3.63) is 40.2 Å². The number of hydrogen-bond acceptors (Lipinski definition) is 5. The summed E-state index contributed by atoms with van der Waals surface area (Å²) < 4.78 is 11.4. The van der Waals surface area contributed by atoms with E-state index in [1.165, 1.54) is 24.1 Å². The molecular weight excluding hydrogens is 298 g/mol. The third-order valence-corrected chi connectivity index (χ3v) is 3.97. The van der Waals surface area contributed by atoms with Crippen molar-refractivity contribution in [3.63, 3.8) is 0 Å². The number of fused-ring (bicyclic) bond motifs is 1. The van der Waals surface area contributed by atoms with E-state index in [1.54, 1.807) is 6.07 Å². The summed E-state index contributed by atoms with van der Waals surface area (Å²) in [7, 11) is 0. The highest BCUT2D eigenvalue weighted by Crippen LogP contribution is 2.28. The minimum Gasteiger partial charge on any atom is -0.493 e. The number of thiocyanates is 1. The third kappa shape index (κ3) is 4.05. The Hall–Kier alpha value is -1.93. The number of rotatable bonds is 8. The largest absolute Gasteiger partial charge is 0.493 e. The number of benzene rings is 1. The molecule has 0 aliphatic carbocycles. The van der Waals surface area contributed by atoms with Gasteiger partial charge in [-0.05, 0) is 43.2 Å². The van der Waals surface area contributed by atoms with Gasteiger partial charge in [-0.15, -0.1) is 0 Å². The molecule has 0 atom stereocenters. The van der Waals surface area contributed by atoms with Crippen LogP contribution in [-0.4, -0.2) is 12.4 Å². The summed E-state index contributed by atoms with van der Waals surface area (Å²) in [6, 6.07) is 5.06. The van der Waals surface area contributed by atoms with Crippen molar-refractivity contribution in [1.82, 2.24) is 0 Å². The van der Waals surface area contributed by atoms with Crippen LogP contribution >= 0.6 is 11.8 Å². The average Bonchev–Trinajstić information content (AvgIpc) is 2.53. The Bertz CT molecular complexity index is 718. The van der Waals surface area contributed by atoms with Gasteiger partial charge in [-0.25, -0.2) is 0 Å². The normalized spacial score (nSPS) is 10.5. The number of aryl methyl sites for hydroxylation is 1. The van der Waals surface area contributed by atoms with Crippen molar-refractivity contribution in [2.24, 2.45) is 0 Å². The first kappa shape index (κ1) is 16.4. The molecule has 0 bridgehead atoms. The van der Waals surface area contributed by atoms with Crippen molar-refractivity contribution in [1.29, 1.82) is 5.26 Å². The van der Waals surface area contributed by atoms with Crippen molar-refractivity contribution in [3.8, 4) is 11.2 Å². The van der Waals surface area contributed by atoms with E-state index in [1.807, 2.05) is 6.07 Å². The molecule has 1 aromatic heterocycles. The van der Waals surface area contributed by atoms with E-state index in [2.05, 4.69) is 12.3 Å². The number of ether oxygens (including phenoxy) is 1. The van der Waals surface area contributed by atoms with E-state index in [-0.39, 0.29) is 5.43 Å². The monoisotopic (exact) mass is 317 g/mol. The smallest absolute Gasteiger partial charge is 0.192 e. The van der Waals surface area contributed by atoms with Crippen LogP contribution in [0.5, 0.6) is 5.75 Å². The van der Waals surface area contributed by atoms with Gasteiger partial charge in [-0.2, -0.15) is 5.26 Å². The molecule has 1 heterocycles. The van der Waals surface area contributed by atoms with Crippen LogP contribution in [0.15, 0.2) is 33.7 Å². The second-order valence-corrected chi connectivity index (χ2v) is 5.83. The topological polar surface area (TPSA) is 63.2 Å².